The van der Waals surface area contributed by atoms with Crippen LogP contribution in [0.4, 0.5) is 5.69 Å². The number of carbonyl (C=O) groups is 1. The molecule has 0 amide bonds. The monoisotopic (exact) mass is 280 g/mol. The molecule has 0 aliphatic carbocycles. The van der Waals surface area contributed by atoms with Crippen LogP contribution in [0.2, 0.25) is 0 Å². The molecule has 21 heavy (non-hydrogen) atoms. The third-order valence-electron chi connectivity index (χ3n) is 3.53. The van der Waals surface area contributed by atoms with Crippen molar-refractivity contribution in [2.45, 2.75) is 27.2 Å². The molecular formula is C18H20N2O. The minimum Gasteiger partial charge on any atom is -0.359 e. The molecule has 2 rings (SSSR count). The molecule has 3 heteroatoms. The van der Waals surface area contributed by atoms with Gasteiger partial charge in [0.2, 0.25) is 0 Å². The number of aryl methyl sites for hydroxylation is 1. The molecule has 0 aliphatic heterocycles. The van der Waals surface area contributed by atoms with E-state index in [0.717, 1.165) is 17.8 Å². The standard InChI is InChI=1S/C18H20N2O/c1-4-16(11-18(21)15-8-6-10-19-12-15)20-17-9-5-7-13(2)14(17)3/h5-12,20H,4H2,1-3H3/b16-11+. The number of nitrogens with zero attached hydrogens (tertiary/aromatic N) is 1. The van der Waals surface area contributed by atoms with Crippen LogP contribution in [0, 0.1) is 13.8 Å². The lowest BCUT2D eigenvalue weighted by molar-refractivity contribution is 0.104. The van der Waals surface area contributed by atoms with Gasteiger partial charge in [-0.1, -0.05) is 19.1 Å². The first-order valence-electron chi connectivity index (χ1n) is 7.10. The molecule has 3 nitrogen and oxygen atoms in total. The van der Waals surface area contributed by atoms with Crippen LogP contribution in [0.25, 0.3) is 0 Å². The quantitative estimate of drug-likeness (QED) is 0.656. The number of carbonyl (C=O) groups excluding carboxylic acids is 1. The van der Waals surface area contributed by atoms with Crippen LogP contribution in [0.15, 0.2) is 54.5 Å². The lowest BCUT2D eigenvalue weighted by Crippen LogP contribution is -2.05. The number of ketones is 1. The summed E-state index contributed by atoms with van der Waals surface area (Å²) in [5, 5.41) is 3.36. The Morgan fingerprint density at radius 2 is 2.05 bits per heavy atom. The molecule has 0 aliphatic rings. The van der Waals surface area contributed by atoms with E-state index >= 15 is 0 Å². The van der Waals surface area contributed by atoms with Gasteiger partial charge in [0.25, 0.3) is 0 Å². The summed E-state index contributed by atoms with van der Waals surface area (Å²) < 4.78 is 0. The van der Waals surface area contributed by atoms with E-state index < -0.39 is 0 Å². The number of hydrogen-bond acceptors (Lipinski definition) is 3. The van der Waals surface area contributed by atoms with E-state index in [1.165, 1.54) is 11.1 Å². The predicted octanol–water partition coefficient (Wildman–Crippen LogP) is 4.29. The van der Waals surface area contributed by atoms with Gasteiger partial charge >= 0.3 is 0 Å². The second-order valence-electron chi connectivity index (χ2n) is 5.00. The van der Waals surface area contributed by atoms with Crippen LogP contribution in [0.3, 0.4) is 0 Å². The third kappa shape index (κ3) is 3.78. The fourth-order valence-corrected chi connectivity index (χ4v) is 2.04. The lowest BCUT2D eigenvalue weighted by Gasteiger charge is -2.13. The first-order valence-corrected chi connectivity index (χ1v) is 7.10. The zero-order chi connectivity index (χ0) is 15.2. The van der Waals surface area contributed by atoms with Crippen molar-refractivity contribution in [2.24, 2.45) is 0 Å². The number of benzene rings is 1. The molecule has 1 N–H and O–H groups in total. The van der Waals surface area contributed by atoms with Gasteiger partial charge in [0.05, 0.1) is 0 Å². The number of anilines is 1. The summed E-state index contributed by atoms with van der Waals surface area (Å²) >= 11 is 0. The molecule has 0 atom stereocenters. The Morgan fingerprint density at radius 3 is 2.71 bits per heavy atom. The number of nitrogens with one attached hydrogen (secondary N) is 1. The Labute approximate surface area is 125 Å². The maximum atomic E-state index is 12.2. The first kappa shape index (κ1) is 15.0. The van der Waals surface area contributed by atoms with Gasteiger partial charge in [0.1, 0.15) is 0 Å². The van der Waals surface area contributed by atoms with Crippen molar-refractivity contribution in [3.05, 3.63) is 71.2 Å². The second-order valence-corrected chi connectivity index (χ2v) is 5.00. The van der Waals surface area contributed by atoms with Crippen molar-refractivity contribution >= 4 is 11.5 Å². The topological polar surface area (TPSA) is 42.0 Å². The molecule has 0 unspecified atom stereocenters. The lowest BCUT2D eigenvalue weighted by atomic mass is 10.1. The molecule has 2 aromatic rings. The SMILES string of the molecule is CC/C(=C\C(=O)c1cccnc1)Nc1cccc(C)c1C. The molecular weight excluding hydrogens is 260 g/mol. The Balaban J connectivity index is 2.22. The van der Waals surface area contributed by atoms with Gasteiger partial charge in [0.15, 0.2) is 5.78 Å². The largest absolute Gasteiger partial charge is 0.359 e. The van der Waals surface area contributed by atoms with Crippen molar-refractivity contribution in [2.75, 3.05) is 5.32 Å². The molecule has 108 valence electrons. The molecule has 0 bridgehead atoms. The summed E-state index contributed by atoms with van der Waals surface area (Å²) in [7, 11) is 0. The van der Waals surface area contributed by atoms with E-state index in [9.17, 15) is 4.79 Å². The van der Waals surface area contributed by atoms with Crippen LogP contribution in [-0.4, -0.2) is 10.8 Å². The summed E-state index contributed by atoms with van der Waals surface area (Å²) in [6.07, 6.45) is 5.66. The third-order valence-corrected chi connectivity index (χ3v) is 3.53. The highest BCUT2D eigenvalue weighted by molar-refractivity contribution is 6.04. The Kier molecular flexibility index (Phi) is 4.88. The molecule has 1 aromatic heterocycles. The van der Waals surface area contributed by atoms with Crippen LogP contribution in [0.5, 0.6) is 0 Å². The summed E-state index contributed by atoms with van der Waals surface area (Å²) in [5.74, 6) is -0.0299. The maximum Gasteiger partial charge on any atom is 0.189 e. The maximum absolute atomic E-state index is 12.2. The average molecular weight is 280 g/mol. The van der Waals surface area contributed by atoms with Crippen molar-refractivity contribution in [3.63, 3.8) is 0 Å². The summed E-state index contributed by atoms with van der Waals surface area (Å²) in [6, 6.07) is 9.67. The van der Waals surface area contributed by atoms with Gasteiger partial charge < -0.3 is 5.32 Å². The normalized spacial score (nSPS) is 11.3. The summed E-state index contributed by atoms with van der Waals surface area (Å²) in [4.78, 5) is 16.2. The molecule has 0 saturated heterocycles. The zero-order valence-electron chi connectivity index (χ0n) is 12.7. The first-order chi connectivity index (χ1) is 10.1. The smallest absolute Gasteiger partial charge is 0.189 e. The summed E-state index contributed by atoms with van der Waals surface area (Å²) in [5.41, 5.74) is 4.98. The van der Waals surface area contributed by atoms with Crippen LogP contribution < -0.4 is 5.32 Å². The number of rotatable bonds is 5. The molecule has 0 fully saturated rings. The Morgan fingerprint density at radius 1 is 1.24 bits per heavy atom. The van der Waals surface area contributed by atoms with Gasteiger partial charge in [-0.3, -0.25) is 9.78 Å². The minimum atomic E-state index is -0.0299. The molecule has 0 saturated carbocycles. The van der Waals surface area contributed by atoms with E-state index in [-0.39, 0.29) is 5.78 Å². The van der Waals surface area contributed by atoms with Crippen molar-refractivity contribution in [1.29, 1.82) is 0 Å². The summed E-state index contributed by atoms with van der Waals surface area (Å²) in [6.45, 7) is 6.19. The molecule has 0 radical (unpaired) electrons. The molecule has 1 aromatic carbocycles. The second kappa shape index (κ2) is 6.84. The van der Waals surface area contributed by atoms with Crippen molar-refractivity contribution in [1.82, 2.24) is 4.98 Å². The fraction of sp³-hybridized carbons (Fsp3) is 0.222. The van der Waals surface area contributed by atoms with Gasteiger partial charge in [0, 0.05) is 35.4 Å². The Hall–Kier alpha value is -2.42. The fourth-order valence-electron chi connectivity index (χ4n) is 2.04. The average Bonchev–Trinajstić information content (AvgIpc) is 2.51. The number of hydrogen-bond donors (Lipinski definition) is 1. The van der Waals surface area contributed by atoms with Crippen molar-refractivity contribution in [3.8, 4) is 0 Å². The number of pyridine rings is 1. The van der Waals surface area contributed by atoms with E-state index in [4.69, 9.17) is 0 Å². The van der Waals surface area contributed by atoms with E-state index in [1.807, 2.05) is 19.1 Å². The van der Waals surface area contributed by atoms with E-state index in [0.29, 0.717) is 5.56 Å². The highest BCUT2D eigenvalue weighted by Crippen LogP contribution is 2.20. The number of allylic oxidation sites excluding steroid dienone is 2. The predicted molar refractivity (Wildman–Crippen MR) is 86.5 cm³/mol. The van der Waals surface area contributed by atoms with Gasteiger partial charge in [-0.2, -0.15) is 0 Å². The number of aromatic nitrogens is 1. The van der Waals surface area contributed by atoms with Gasteiger partial charge in [-0.25, -0.2) is 0 Å². The van der Waals surface area contributed by atoms with Crippen molar-refractivity contribution < 1.29 is 4.79 Å². The van der Waals surface area contributed by atoms with Crippen LogP contribution in [0.1, 0.15) is 34.8 Å². The van der Waals surface area contributed by atoms with E-state index in [2.05, 4.69) is 30.2 Å². The highest BCUT2D eigenvalue weighted by Gasteiger charge is 2.06. The molecule has 1 heterocycles. The highest BCUT2D eigenvalue weighted by atomic mass is 16.1. The van der Waals surface area contributed by atoms with Gasteiger partial charge in [-0.05, 0) is 49.6 Å². The van der Waals surface area contributed by atoms with Crippen LogP contribution >= 0.6 is 0 Å². The van der Waals surface area contributed by atoms with E-state index in [1.54, 1.807) is 30.6 Å². The van der Waals surface area contributed by atoms with Gasteiger partial charge in [-0.15, -0.1) is 0 Å². The zero-order valence-corrected chi connectivity index (χ0v) is 12.7. The van der Waals surface area contributed by atoms with Crippen LogP contribution in [-0.2, 0) is 0 Å². The minimum absolute atomic E-state index is 0.0299. The molecule has 0 spiro atoms. The Bertz CT molecular complexity index is 660.